The monoisotopic (exact) mass is 1550 g/mol. The SMILES string of the molecule is S=C=S=S=S=S=S=S=S=S=S=S=S=S=S=S=S=S=S=S=S=S=S=S=S=S=S=S=S=S=S=S=S=S=S=S=S=S=S=S=S=S=S=S=S=S=S=S=S. The molecule has 0 bridgehead atoms. The lowest BCUT2D eigenvalue weighted by molar-refractivity contribution is 4.64. The Balaban J connectivity index is 6.08. The van der Waals surface area contributed by atoms with Gasteiger partial charge in [-0.05, 0) is 93.2 Å². The highest BCUT2D eigenvalue weighted by atomic mass is 33.5. The Morgan fingerprint density at radius 1 is 0.184 bits per heavy atom. The Labute approximate surface area is 424 Å². The van der Waals surface area contributed by atoms with E-state index in [0.717, 1.165) is 0 Å². The van der Waals surface area contributed by atoms with E-state index in [1.165, 1.54) is 18.8 Å². The summed E-state index contributed by atoms with van der Waals surface area (Å²) < 4.78 is 2.62. The summed E-state index contributed by atoms with van der Waals surface area (Å²) in [5.41, 5.74) is 0. The van der Waals surface area contributed by atoms with Crippen LogP contribution in [-0.4, -0.2) is 4.31 Å². The minimum absolute atomic E-state index is 1.37. The lowest BCUT2D eigenvalue weighted by Gasteiger charge is -1.41. The molecule has 0 aromatic heterocycles. The maximum atomic E-state index is 4.81. The first-order valence-corrected chi connectivity index (χ1v) is 70.2. The van der Waals surface area contributed by atoms with E-state index in [4.69, 9.17) is 11.2 Å². The third kappa shape index (κ3) is 58.3. The van der Waals surface area contributed by atoms with Crippen molar-refractivity contribution in [1.82, 2.24) is 0 Å². The third-order valence-electron chi connectivity index (χ3n) is 1.29. The first-order valence-electron chi connectivity index (χ1n) is 8.07. The minimum atomic E-state index is 1.37. The van der Waals surface area contributed by atoms with Gasteiger partial charge in [0.2, 0.25) is 0 Å². The molecule has 0 aliphatic rings. The van der Waals surface area contributed by atoms with Gasteiger partial charge in [-0.3, -0.25) is 0 Å². The number of thiocarbonyl (C=S) groups is 1. The van der Waals surface area contributed by atoms with Crippen LogP contribution in [0.3, 0.4) is 0 Å². The van der Waals surface area contributed by atoms with Crippen molar-refractivity contribution in [3.63, 3.8) is 0 Å². The average Bonchev–Trinajstić information content (AvgIpc) is 3.11. The first-order chi connectivity index (χ1) is 24.4. The van der Waals surface area contributed by atoms with Gasteiger partial charge in [0.15, 0.2) is 0 Å². The molecule has 0 heterocycles. The number of hydrogen-bond acceptors (Lipinski definition) is 2. The molecule has 0 saturated heterocycles. The minimum Gasteiger partial charge on any atom is -0.0148 e. The largest absolute Gasteiger partial charge is 0.0298 e. The van der Waals surface area contributed by atoms with Crippen LogP contribution in [0.2, 0.25) is 0 Å². The molecule has 0 aliphatic carbocycles. The van der Waals surface area contributed by atoms with E-state index in [9.17, 15) is 0 Å². The molecule has 0 rings (SSSR count). The zero-order valence-electron chi connectivity index (χ0n) is 20.1. The molecule has 0 N–H and O–H groups in total. The zero-order valence-corrected chi connectivity index (χ0v) is 59.3. The van der Waals surface area contributed by atoms with E-state index in [0.29, 0.717) is 0 Å². The molecular weight excluding hydrogens is 1550 g/mol. The molecule has 0 fully saturated rings. The Morgan fingerprint density at radius 2 is 0.306 bits per heavy atom. The first kappa shape index (κ1) is 59.3. The van der Waals surface area contributed by atoms with Crippen molar-refractivity contribution >= 4 is 437 Å². The van der Waals surface area contributed by atoms with Crippen LogP contribution >= 0.6 is 12.2 Å². The molecule has 0 spiro atoms. The maximum Gasteiger partial charge on any atom is 0.0298 e. The van der Waals surface area contributed by atoms with E-state index in [-0.39, 0.29) is 0 Å². The molecule has 48 heteroatoms. The van der Waals surface area contributed by atoms with Crippen molar-refractivity contribution in [3.05, 3.63) is 0 Å². The van der Waals surface area contributed by atoms with E-state index >= 15 is 0 Å². The molecule has 0 nitrogen and oxygen atoms in total. The normalized spacial score (nSPS) is 7.67. The molecule has 49 heavy (non-hydrogen) atoms. The van der Waals surface area contributed by atoms with Crippen LogP contribution in [0.15, 0.2) is 0 Å². The third-order valence-corrected chi connectivity index (χ3v) is 101. The predicted octanol–water partition coefficient (Wildman–Crippen LogP) is 0.257. The van der Waals surface area contributed by atoms with Crippen LogP contribution in [0, 0.1) is 0 Å². The zero-order chi connectivity index (χ0) is 35.2. The lowest BCUT2D eigenvalue weighted by atomic mass is 12.0. The molecule has 292 valence electrons. The highest BCUT2D eigenvalue weighted by Gasteiger charge is 1.45. The quantitative estimate of drug-likeness (QED) is 0.320. The fourth-order valence-corrected chi connectivity index (χ4v) is 121. The molecule has 0 atom stereocenters. The van der Waals surface area contributed by atoms with Crippen molar-refractivity contribution in [2.24, 2.45) is 0 Å². The van der Waals surface area contributed by atoms with Gasteiger partial charge in [0.1, 0.15) is 0 Å². The Kier molecular flexibility index (Phi) is 70.7. The summed E-state index contributed by atoms with van der Waals surface area (Å²) in [7, 11) is 82.1. The molecule has 0 aromatic rings. The molecule has 0 saturated carbocycles. The van der Waals surface area contributed by atoms with Crippen molar-refractivity contribution < 1.29 is 0 Å². The molecule has 0 aromatic carbocycles. The highest BCUT2D eigenvalue weighted by molar-refractivity contribution is 8.82. The summed E-state index contributed by atoms with van der Waals surface area (Å²) in [6.45, 7) is 0. The maximum absolute atomic E-state index is 4.81. The van der Waals surface area contributed by atoms with Crippen LogP contribution in [0.5, 0.6) is 0 Å². The van der Waals surface area contributed by atoms with Gasteiger partial charge >= 0.3 is 0 Å². The summed E-state index contributed by atoms with van der Waals surface area (Å²) in [5.74, 6) is 0. The number of hydrogen-bond donors (Lipinski definition) is 0. The summed E-state index contributed by atoms with van der Waals surface area (Å²) in [6.07, 6.45) is 0. The predicted molar refractivity (Wildman–Crippen MR) is 359 cm³/mol. The fourth-order valence-electron chi connectivity index (χ4n) is 0.515. The molecular formula is CS48. The van der Waals surface area contributed by atoms with Crippen molar-refractivity contribution in [2.75, 3.05) is 0 Å². The fraction of sp³-hybridized carbons (Fsp3) is 0. The van der Waals surface area contributed by atoms with Gasteiger partial charge in [0.25, 0.3) is 0 Å². The second-order valence-electron chi connectivity index (χ2n) is 3.23. The summed E-state index contributed by atoms with van der Waals surface area (Å²) in [4.78, 5) is 0. The lowest BCUT2D eigenvalue weighted by Crippen LogP contribution is -1.41. The number of rotatable bonds is 0. The molecule has 0 amide bonds. The van der Waals surface area contributed by atoms with Crippen molar-refractivity contribution in [2.45, 2.75) is 0 Å². The average molecular weight is 1550 g/mol. The van der Waals surface area contributed by atoms with Crippen LogP contribution in [0.4, 0.5) is 0 Å². The van der Waals surface area contributed by atoms with E-state index in [1.54, 1.807) is 115 Å². The van der Waals surface area contributed by atoms with E-state index in [2.05, 4.69) is 16.5 Å². The second kappa shape index (κ2) is 58.3. The highest BCUT2D eigenvalue weighted by Crippen LogP contribution is 1.45. The van der Waals surface area contributed by atoms with Gasteiger partial charge in [0.05, 0.1) is 0 Å². The Morgan fingerprint density at radius 3 is 0.429 bits per heavy atom. The summed E-state index contributed by atoms with van der Waals surface area (Å²) >= 11 is 9.46. The second-order valence-corrected chi connectivity index (χ2v) is 84.2. The van der Waals surface area contributed by atoms with Gasteiger partial charge in [-0.2, -0.15) is 0 Å². The molecule has 0 unspecified atom stereocenters. The van der Waals surface area contributed by atoms with E-state index in [1.807, 2.05) is 275 Å². The molecule has 0 radical (unpaired) electrons. The standard InChI is InChI=1S/CS48/c2-1-4-6-8-10-12-14-16-18-20-22-24-26-28-30-32-34-36-38-40-42-44-46-48-49-47-45-43-41-39-37-35-33-31-29-27-25-23-21-19-17-15-13-11-9-7-5-3. The van der Waals surface area contributed by atoms with Gasteiger partial charge in [0, 0.05) is 344 Å². The van der Waals surface area contributed by atoms with Gasteiger partial charge in [-0.1, -0.05) is 0 Å². The van der Waals surface area contributed by atoms with Gasteiger partial charge in [-0.15, -0.1) is 0 Å². The van der Waals surface area contributed by atoms with Crippen molar-refractivity contribution in [3.8, 4) is 0 Å². The van der Waals surface area contributed by atoms with Crippen LogP contribution in [0.25, 0.3) is 0 Å². The summed E-state index contributed by atoms with van der Waals surface area (Å²) in [5, 5.41) is 0. The van der Waals surface area contributed by atoms with E-state index < -0.39 is 0 Å². The smallest absolute Gasteiger partial charge is 0.0148 e. The van der Waals surface area contributed by atoms with Crippen LogP contribution in [0.1, 0.15) is 0 Å². The Hall–Kier alpha value is 10.3. The molecule has 0 aliphatic heterocycles. The van der Waals surface area contributed by atoms with Crippen molar-refractivity contribution in [1.29, 1.82) is 0 Å². The van der Waals surface area contributed by atoms with Gasteiger partial charge in [-0.25, -0.2) is 0 Å². The topological polar surface area (TPSA) is 0 Å². The Bertz CT molecular complexity index is 3120. The summed E-state index contributed by atoms with van der Waals surface area (Å²) in [6, 6.07) is 0. The van der Waals surface area contributed by atoms with Gasteiger partial charge < -0.3 is 0 Å². The van der Waals surface area contributed by atoms with Crippen LogP contribution < -0.4 is 0 Å². The van der Waals surface area contributed by atoms with Crippen LogP contribution in [-0.2, 0) is 421 Å².